The summed E-state index contributed by atoms with van der Waals surface area (Å²) in [5.41, 5.74) is 0.762. The van der Waals surface area contributed by atoms with Gasteiger partial charge in [0.25, 0.3) is 0 Å². The molecule has 0 aliphatic heterocycles. The van der Waals surface area contributed by atoms with Crippen molar-refractivity contribution in [2.24, 2.45) is 0 Å². The van der Waals surface area contributed by atoms with Crippen LogP contribution in [0.3, 0.4) is 0 Å². The van der Waals surface area contributed by atoms with Gasteiger partial charge in [-0.15, -0.1) is 0 Å². The Hall–Kier alpha value is -1.91. The number of benzene rings is 2. The van der Waals surface area contributed by atoms with Crippen molar-refractivity contribution in [2.45, 2.75) is 51.2 Å². The van der Waals surface area contributed by atoms with E-state index in [9.17, 15) is 9.90 Å². The number of rotatable bonds is 8. The summed E-state index contributed by atoms with van der Waals surface area (Å²) in [5.74, 6) is 0.00243. The van der Waals surface area contributed by atoms with Crippen LogP contribution in [0.4, 0.5) is 0 Å². The van der Waals surface area contributed by atoms with E-state index in [4.69, 9.17) is 0 Å². The number of carbonyl (C=O) groups is 1. The lowest BCUT2D eigenvalue weighted by atomic mass is 10.0. The number of nitrogens with one attached hydrogen (secondary N) is 1. The topological polar surface area (TPSA) is 52.6 Å². The standard InChI is InChI=1S/C21H28N2O2/c1-21(2,15-24)22-20(25)12-13-23(18-10-11-18)14-17-8-5-7-16-6-3-4-9-19(16)17/h3-9,18,24H,10-15H2,1-2H3,(H,22,25). The zero-order valence-electron chi connectivity index (χ0n) is 15.2. The number of hydrogen-bond donors (Lipinski definition) is 2. The van der Waals surface area contributed by atoms with E-state index in [1.807, 2.05) is 13.8 Å². The van der Waals surface area contributed by atoms with Crippen molar-refractivity contribution < 1.29 is 9.90 Å². The first kappa shape index (κ1) is 17.9. The second-order valence-corrected chi connectivity index (χ2v) is 7.68. The van der Waals surface area contributed by atoms with Crippen LogP contribution < -0.4 is 5.32 Å². The van der Waals surface area contributed by atoms with Gasteiger partial charge < -0.3 is 10.4 Å². The molecule has 2 N–H and O–H groups in total. The van der Waals surface area contributed by atoms with E-state index in [2.05, 4.69) is 52.7 Å². The fourth-order valence-corrected chi connectivity index (χ4v) is 3.20. The Morgan fingerprint density at radius 3 is 2.64 bits per heavy atom. The number of nitrogens with zero attached hydrogens (tertiary/aromatic N) is 1. The molecule has 0 saturated heterocycles. The normalized spacial score (nSPS) is 14.9. The smallest absolute Gasteiger partial charge is 0.221 e. The summed E-state index contributed by atoms with van der Waals surface area (Å²) in [5, 5.41) is 14.7. The summed E-state index contributed by atoms with van der Waals surface area (Å²) in [7, 11) is 0. The minimum atomic E-state index is -0.558. The van der Waals surface area contributed by atoms with Gasteiger partial charge in [-0.3, -0.25) is 9.69 Å². The Labute approximate surface area is 149 Å². The van der Waals surface area contributed by atoms with Crippen LogP contribution in [-0.4, -0.2) is 40.6 Å². The van der Waals surface area contributed by atoms with Gasteiger partial charge in [-0.1, -0.05) is 42.5 Å². The van der Waals surface area contributed by atoms with E-state index < -0.39 is 5.54 Å². The average molecular weight is 340 g/mol. The third-order valence-corrected chi connectivity index (χ3v) is 4.82. The highest BCUT2D eigenvalue weighted by Crippen LogP contribution is 2.30. The van der Waals surface area contributed by atoms with Crippen LogP contribution in [0.1, 0.15) is 38.7 Å². The van der Waals surface area contributed by atoms with Crippen LogP contribution in [0.2, 0.25) is 0 Å². The second-order valence-electron chi connectivity index (χ2n) is 7.68. The highest BCUT2D eigenvalue weighted by Gasteiger charge is 2.29. The third-order valence-electron chi connectivity index (χ3n) is 4.82. The largest absolute Gasteiger partial charge is 0.394 e. The van der Waals surface area contributed by atoms with Crippen LogP contribution in [0, 0.1) is 0 Å². The summed E-state index contributed by atoms with van der Waals surface area (Å²) >= 11 is 0. The van der Waals surface area contributed by atoms with Gasteiger partial charge in [-0.2, -0.15) is 0 Å². The van der Waals surface area contributed by atoms with Gasteiger partial charge in [0.15, 0.2) is 0 Å². The van der Waals surface area contributed by atoms with Crippen molar-refractivity contribution in [3.8, 4) is 0 Å². The van der Waals surface area contributed by atoms with Crippen LogP contribution in [0.25, 0.3) is 10.8 Å². The maximum Gasteiger partial charge on any atom is 0.221 e. The van der Waals surface area contributed by atoms with Crippen molar-refractivity contribution in [1.82, 2.24) is 10.2 Å². The molecule has 25 heavy (non-hydrogen) atoms. The van der Waals surface area contributed by atoms with Gasteiger partial charge in [-0.05, 0) is 43.0 Å². The van der Waals surface area contributed by atoms with E-state index in [0.29, 0.717) is 12.5 Å². The monoisotopic (exact) mass is 340 g/mol. The van der Waals surface area contributed by atoms with Gasteiger partial charge in [-0.25, -0.2) is 0 Å². The summed E-state index contributed by atoms with van der Waals surface area (Å²) in [6.07, 6.45) is 2.90. The SMILES string of the molecule is CC(C)(CO)NC(=O)CCN(Cc1cccc2ccccc12)C1CC1. The lowest BCUT2D eigenvalue weighted by molar-refractivity contribution is -0.123. The van der Waals surface area contributed by atoms with Crippen molar-refractivity contribution in [3.63, 3.8) is 0 Å². The first-order chi connectivity index (χ1) is 12.0. The quantitative estimate of drug-likeness (QED) is 0.776. The van der Waals surface area contributed by atoms with Crippen molar-refractivity contribution in [2.75, 3.05) is 13.2 Å². The van der Waals surface area contributed by atoms with Crippen LogP contribution in [0.5, 0.6) is 0 Å². The molecule has 0 unspecified atom stereocenters. The molecule has 1 aliphatic carbocycles. The molecule has 4 nitrogen and oxygen atoms in total. The molecule has 2 aromatic rings. The number of carbonyl (C=O) groups excluding carboxylic acids is 1. The second kappa shape index (κ2) is 7.54. The number of hydrogen-bond acceptors (Lipinski definition) is 3. The molecule has 0 spiro atoms. The third kappa shape index (κ3) is 4.80. The van der Waals surface area contributed by atoms with Crippen LogP contribution in [0.15, 0.2) is 42.5 Å². The fraction of sp³-hybridized carbons (Fsp3) is 0.476. The molecule has 4 heteroatoms. The first-order valence-corrected chi connectivity index (χ1v) is 9.11. The molecule has 2 aromatic carbocycles. The van der Waals surface area contributed by atoms with Gasteiger partial charge in [0, 0.05) is 25.6 Å². The summed E-state index contributed by atoms with van der Waals surface area (Å²) in [4.78, 5) is 14.6. The Balaban J connectivity index is 1.65. The maximum atomic E-state index is 12.2. The molecule has 0 atom stereocenters. The number of amides is 1. The van der Waals surface area contributed by atoms with Gasteiger partial charge >= 0.3 is 0 Å². The van der Waals surface area contributed by atoms with Crippen LogP contribution >= 0.6 is 0 Å². The van der Waals surface area contributed by atoms with E-state index in [1.54, 1.807) is 0 Å². The summed E-state index contributed by atoms with van der Waals surface area (Å²) in [6.45, 7) is 5.24. The molecule has 0 radical (unpaired) electrons. The Kier molecular flexibility index (Phi) is 5.40. The zero-order chi connectivity index (χ0) is 17.9. The Bertz CT molecular complexity index is 732. The Morgan fingerprint density at radius 1 is 1.20 bits per heavy atom. The molecule has 1 aliphatic rings. The molecule has 3 rings (SSSR count). The molecule has 0 heterocycles. The first-order valence-electron chi connectivity index (χ1n) is 9.11. The molecule has 1 amide bonds. The molecule has 134 valence electrons. The van der Waals surface area contributed by atoms with Gasteiger partial charge in [0.05, 0.1) is 12.1 Å². The van der Waals surface area contributed by atoms with Crippen LogP contribution in [-0.2, 0) is 11.3 Å². The molecule has 1 fully saturated rings. The van der Waals surface area contributed by atoms with Crippen molar-refractivity contribution in [3.05, 3.63) is 48.0 Å². The fourth-order valence-electron chi connectivity index (χ4n) is 3.20. The minimum absolute atomic E-state index is 0.00243. The predicted molar refractivity (Wildman–Crippen MR) is 101 cm³/mol. The number of fused-ring (bicyclic) bond motifs is 1. The molecule has 0 aromatic heterocycles. The highest BCUT2D eigenvalue weighted by molar-refractivity contribution is 5.85. The summed E-state index contributed by atoms with van der Waals surface area (Å²) < 4.78 is 0. The van der Waals surface area contributed by atoms with Crippen molar-refractivity contribution in [1.29, 1.82) is 0 Å². The minimum Gasteiger partial charge on any atom is -0.394 e. The van der Waals surface area contributed by atoms with Gasteiger partial charge in [0.2, 0.25) is 5.91 Å². The molecular weight excluding hydrogens is 312 g/mol. The predicted octanol–water partition coefficient (Wildman–Crippen LogP) is 3.08. The number of aliphatic hydroxyl groups excluding tert-OH is 1. The summed E-state index contributed by atoms with van der Waals surface area (Å²) in [6, 6.07) is 15.5. The zero-order valence-corrected chi connectivity index (χ0v) is 15.2. The van der Waals surface area contributed by atoms with E-state index >= 15 is 0 Å². The van der Waals surface area contributed by atoms with Gasteiger partial charge in [0.1, 0.15) is 0 Å². The number of aliphatic hydroxyl groups is 1. The van der Waals surface area contributed by atoms with E-state index in [1.165, 1.54) is 29.2 Å². The molecule has 0 bridgehead atoms. The van der Waals surface area contributed by atoms with Crippen molar-refractivity contribution >= 4 is 16.7 Å². The maximum absolute atomic E-state index is 12.2. The van der Waals surface area contributed by atoms with E-state index in [0.717, 1.165) is 13.1 Å². The molecule has 1 saturated carbocycles. The Morgan fingerprint density at radius 2 is 1.92 bits per heavy atom. The lowest BCUT2D eigenvalue weighted by Gasteiger charge is -2.26. The highest BCUT2D eigenvalue weighted by atomic mass is 16.3. The van der Waals surface area contributed by atoms with E-state index in [-0.39, 0.29) is 12.5 Å². The average Bonchev–Trinajstić information content (AvgIpc) is 3.43. The molecular formula is C21H28N2O2. The lowest BCUT2D eigenvalue weighted by Crippen LogP contribution is -2.47.